The molecule has 2 unspecified atom stereocenters. The third kappa shape index (κ3) is 2.65. The Hall–Kier alpha value is -1.95. The van der Waals surface area contributed by atoms with E-state index in [1.807, 2.05) is 12.1 Å². The van der Waals surface area contributed by atoms with Gasteiger partial charge in [0, 0.05) is 24.8 Å². The molecule has 6 nitrogen and oxygen atoms in total. The molecule has 0 aromatic carbocycles. The third-order valence-corrected chi connectivity index (χ3v) is 3.99. The van der Waals surface area contributed by atoms with E-state index in [1.54, 1.807) is 17.2 Å². The molecule has 3 rings (SSSR count). The zero-order valence-electron chi connectivity index (χ0n) is 11.9. The van der Waals surface area contributed by atoms with Gasteiger partial charge >= 0.3 is 0 Å². The van der Waals surface area contributed by atoms with Crippen molar-refractivity contribution in [1.29, 1.82) is 0 Å². The molecule has 1 saturated heterocycles. The number of anilines is 1. The van der Waals surface area contributed by atoms with Crippen molar-refractivity contribution in [3.8, 4) is 5.82 Å². The lowest BCUT2D eigenvalue weighted by molar-refractivity contribution is 0.190. The average molecular weight is 272 g/mol. The van der Waals surface area contributed by atoms with Crippen LogP contribution in [0.2, 0.25) is 0 Å². The molecule has 6 heteroatoms. The van der Waals surface area contributed by atoms with E-state index in [2.05, 4.69) is 39.3 Å². The maximum Gasteiger partial charge on any atom is 0.178 e. The molecule has 0 saturated carbocycles. The maximum atomic E-state index is 4.41. The predicted octanol–water partition coefficient (Wildman–Crippen LogP) is 1.56. The predicted molar refractivity (Wildman–Crippen MR) is 77.9 cm³/mol. The number of pyridine rings is 1. The van der Waals surface area contributed by atoms with E-state index in [0.717, 1.165) is 30.9 Å². The Morgan fingerprint density at radius 2 is 2.30 bits per heavy atom. The van der Waals surface area contributed by atoms with Crippen molar-refractivity contribution in [2.45, 2.75) is 31.8 Å². The molecule has 2 aromatic heterocycles. The molecule has 20 heavy (non-hydrogen) atoms. The largest absolute Gasteiger partial charge is 0.379 e. The lowest BCUT2D eigenvalue weighted by Crippen LogP contribution is -2.42. The maximum absolute atomic E-state index is 4.41. The van der Waals surface area contributed by atoms with Gasteiger partial charge in [-0.3, -0.25) is 0 Å². The van der Waals surface area contributed by atoms with Crippen molar-refractivity contribution in [1.82, 2.24) is 24.6 Å². The Labute approximate surface area is 118 Å². The monoisotopic (exact) mass is 272 g/mol. The molecule has 0 bridgehead atoms. The lowest BCUT2D eigenvalue weighted by Gasteiger charge is -2.35. The van der Waals surface area contributed by atoms with Crippen LogP contribution >= 0.6 is 0 Å². The summed E-state index contributed by atoms with van der Waals surface area (Å²) in [7, 11) is 2.19. The molecule has 106 valence electrons. The molecule has 0 amide bonds. The molecule has 1 aliphatic heterocycles. The van der Waals surface area contributed by atoms with Gasteiger partial charge in [-0.2, -0.15) is 5.10 Å². The van der Waals surface area contributed by atoms with Crippen LogP contribution in [0.4, 0.5) is 5.69 Å². The van der Waals surface area contributed by atoms with Crippen LogP contribution in [-0.2, 0) is 0 Å². The summed E-state index contributed by atoms with van der Waals surface area (Å²) >= 11 is 0. The molecular weight excluding hydrogens is 252 g/mol. The van der Waals surface area contributed by atoms with Crippen LogP contribution in [0.3, 0.4) is 0 Å². The molecule has 1 aliphatic rings. The minimum absolute atomic E-state index is 0.479. The lowest BCUT2D eigenvalue weighted by atomic mass is 9.99. The van der Waals surface area contributed by atoms with Gasteiger partial charge in [0.1, 0.15) is 12.7 Å². The first kappa shape index (κ1) is 13.1. The van der Waals surface area contributed by atoms with Gasteiger partial charge in [0.15, 0.2) is 5.82 Å². The van der Waals surface area contributed by atoms with Gasteiger partial charge in [0.2, 0.25) is 0 Å². The van der Waals surface area contributed by atoms with Crippen LogP contribution in [0.5, 0.6) is 0 Å². The third-order valence-electron chi connectivity index (χ3n) is 3.99. The van der Waals surface area contributed by atoms with E-state index in [4.69, 9.17) is 0 Å². The van der Waals surface area contributed by atoms with Crippen LogP contribution in [-0.4, -0.2) is 50.3 Å². The van der Waals surface area contributed by atoms with Gasteiger partial charge in [-0.1, -0.05) is 0 Å². The molecule has 3 heterocycles. The Morgan fingerprint density at radius 3 is 3.05 bits per heavy atom. The minimum Gasteiger partial charge on any atom is -0.379 e. The first-order valence-electron chi connectivity index (χ1n) is 7.01. The number of nitrogens with zero attached hydrogens (tertiary/aromatic N) is 5. The van der Waals surface area contributed by atoms with Gasteiger partial charge in [0.25, 0.3) is 0 Å². The highest BCUT2D eigenvalue weighted by atomic mass is 15.3. The number of likely N-dealkylation sites (tertiary alicyclic amines) is 1. The van der Waals surface area contributed by atoms with E-state index in [0.29, 0.717) is 12.1 Å². The number of aromatic nitrogens is 4. The second-order valence-electron chi connectivity index (χ2n) is 5.41. The number of nitrogens with one attached hydrogen (secondary N) is 1. The molecule has 2 aromatic rings. The summed E-state index contributed by atoms with van der Waals surface area (Å²) in [6, 6.07) is 5.08. The summed E-state index contributed by atoms with van der Waals surface area (Å²) in [5, 5.41) is 7.77. The Morgan fingerprint density at radius 1 is 1.40 bits per heavy atom. The highest BCUT2D eigenvalue weighted by Crippen LogP contribution is 2.22. The van der Waals surface area contributed by atoms with Crippen molar-refractivity contribution in [2.75, 3.05) is 18.9 Å². The summed E-state index contributed by atoms with van der Waals surface area (Å²) in [5.41, 5.74) is 1.01. The smallest absolute Gasteiger partial charge is 0.178 e. The number of hydrogen-bond donors (Lipinski definition) is 1. The van der Waals surface area contributed by atoms with Crippen LogP contribution < -0.4 is 5.32 Å². The fourth-order valence-corrected chi connectivity index (χ4v) is 2.65. The summed E-state index contributed by atoms with van der Waals surface area (Å²) in [6.07, 6.45) is 7.26. The number of piperidine rings is 1. The molecule has 1 N–H and O–H groups in total. The fourth-order valence-electron chi connectivity index (χ4n) is 2.65. The average Bonchev–Trinajstić information content (AvgIpc) is 2.97. The van der Waals surface area contributed by atoms with E-state index >= 15 is 0 Å². The van der Waals surface area contributed by atoms with Crippen molar-refractivity contribution < 1.29 is 0 Å². The standard InChI is InChI=1S/C14H20N6/c1-11-8-12(5-7-19(11)2)18-13-4-3-6-16-14(13)20-10-15-9-17-20/h3-4,6,9-12,18H,5,7-8H2,1-2H3. The van der Waals surface area contributed by atoms with Gasteiger partial charge in [0.05, 0.1) is 5.69 Å². The van der Waals surface area contributed by atoms with Gasteiger partial charge in [-0.15, -0.1) is 0 Å². The zero-order valence-corrected chi connectivity index (χ0v) is 11.9. The number of hydrogen-bond acceptors (Lipinski definition) is 5. The Balaban J connectivity index is 1.78. The molecule has 1 fully saturated rings. The van der Waals surface area contributed by atoms with Crippen molar-refractivity contribution in [3.05, 3.63) is 31.0 Å². The minimum atomic E-state index is 0.479. The highest BCUT2D eigenvalue weighted by Gasteiger charge is 2.23. The summed E-state index contributed by atoms with van der Waals surface area (Å²) in [5.74, 6) is 0.802. The van der Waals surface area contributed by atoms with E-state index in [1.165, 1.54) is 6.33 Å². The zero-order chi connectivity index (χ0) is 13.9. The fraction of sp³-hybridized carbons (Fsp3) is 0.500. The first-order chi connectivity index (χ1) is 9.74. The summed E-state index contributed by atoms with van der Waals surface area (Å²) < 4.78 is 1.70. The number of rotatable bonds is 3. The second kappa shape index (κ2) is 5.58. The van der Waals surface area contributed by atoms with Crippen LogP contribution in [0.25, 0.3) is 5.82 Å². The summed E-state index contributed by atoms with van der Waals surface area (Å²) in [6.45, 7) is 3.40. The van der Waals surface area contributed by atoms with Gasteiger partial charge < -0.3 is 10.2 Å². The van der Waals surface area contributed by atoms with Crippen molar-refractivity contribution in [3.63, 3.8) is 0 Å². The Kier molecular flexibility index (Phi) is 3.64. The molecule has 2 atom stereocenters. The molecule has 0 spiro atoms. The first-order valence-corrected chi connectivity index (χ1v) is 7.01. The molecular formula is C14H20N6. The van der Waals surface area contributed by atoms with Crippen LogP contribution in [0.1, 0.15) is 19.8 Å². The topological polar surface area (TPSA) is 58.9 Å². The molecule has 0 radical (unpaired) electrons. The quantitative estimate of drug-likeness (QED) is 0.919. The highest BCUT2D eigenvalue weighted by molar-refractivity contribution is 5.56. The van der Waals surface area contributed by atoms with Crippen molar-refractivity contribution in [2.24, 2.45) is 0 Å². The summed E-state index contributed by atoms with van der Waals surface area (Å²) in [4.78, 5) is 10.8. The van der Waals surface area contributed by atoms with E-state index in [9.17, 15) is 0 Å². The van der Waals surface area contributed by atoms with Crippen LogP contribution in [0.15, 0.2) is 31.0 Å². The van der Waals surface area contributed by atoms with Gasteiger partial charge in [-0.25, -0.2) is 14.6 Å². The second-order valence-corrected chi connectivity index (χ2v) is 5.41. The molecule has 0 aliphatic carbocycles. The van der Waals surface area contributed by atoms with Crippen LogP contribution in [0, 0.1) is 0 Å². The Bertz CT molecular complexity index is 553. The van der Waals surface area contributed by atoms with Gasteiger partial charge in [-0.05, 0) is 38.9 Å². The normalized spacial score (nSPS) is 23.7. The van der Waals surface area contributed by atoms with Crippen molar-refractivity contribution >= 4 is 5.69 Å². The SMILES string of the molecule is CC1CC(Nc2cccnc2-n2cncn2)CCN1C. The van der Waals surface area contributed by atoms with E-state index < -0.39 is 0 Å². The van der Waals surface area contributed by atoms with E-state index in [-0.39, 0.29) is 0 Å².